The zero-order chi connectivity index (χ0) is 15.4. The smallest absolute Gasteiger partial charge is 0.129 e. The maximum absolute atomic E-state index is 13.8. The van der Waals surface area contributed by atoms with Crippen LogP contribution >= 0.6 is 0 Å². The molecule has 0 amide bonds. The number of hydrogen-bond donors (Lipinski definition) is 1. The zero-order valence-corrected chi connectivity index (χ0v) is 12.7. The summed E-state index contributed by atoms with van der Waals surface area (Å²) in [5.74, 6) is -0.372. The molecular formula is C18H21F2N. The number of hydrogen-bond acceptors (Lipinski definition) is 1. The Morgan fingerprint density at radius 3 is 2.10 bits per heavy atom. The van der Waals surface area contributed by atoms with Crippen molar-refractivity contribution in [3.63, 3.8) is 0 Å². The summed E-state index contributed by atoms with van der Waals surface area (Å²) in [6.45, 7) is 6.43. The number of rotatable bonds is 5. The second kappa shape index (κ2) is 6.81. The average Bonchev–Trinajstić information content (AvgIpc) is 2.46. The molecule has 2 rings (SSSR count). The summed E-state index contributed by atoms with van der Waals surface area (Å²) in [6, 6.07) is 10.4. The molecule has 112 valence electrons. The van der Waals surface area contributed by atoms with Crippen LogP contribution in [0.4, 0.5) is 8.78 Å². The van der Waals surface area contributed by atoms with Crippen LogP contribution in [0, 0.1) is 25.5 Å². The van der Waals surface area contributed by atoms with E-state index in [2.05, 4.69) is 5.32 Å². The Hall–Kier alpha value is -1.74. The van der Waals surface area contributed by atoms with Crippen LogP contribution in [0.5, 0.6) is 0 Å². The van der Waals surface area contributed by atoms with E-state index in [1.165, 1.54) is 12.1 Å². The fourth-order valence-corrected chi connectivity index (χ4v) is 2.59. The largest absolute Gasteiger partial charge is 0.310 e. The molecule has 0 spiro atoms. The fraction of sp³-hybridized carbons (Fsp3) is 0.333. The van der Waals surface area contributed by atoms with Crippen LogP contribution in [-0.2, 0) is 6.42 Å². The number of likely N-dealkylation sites (N-methyl/N-ethyl adjacent to an activating group) is 1. The van der Waals surface area contributed by atoms with Gasteiger partial charge in [0.1, 0.15) is 11.6 Å². The Labute approximate surface area is 125 Å². The van der Waals surface area contributed by atoms with Gasteiger partial charge in [0.2, 0.25) is 0 Å². The van der Waals surface area contributed by atoms with Gasteiger partial charge >= 0.3 is 0 Å². The second-order valence-corrected chi connectivity index (χ2v) is 5.41. The molecule has 0 bridgehead atoms. The fourth-order valence-electron chi connectivity index (χ4n) is 2.59. The molecule has 0 aliphatic rings. The number of nitrogens with one attached hydrogen (secondary N) is 1. The van der Waals surface area contributed by atoms with Crippen molar-refractivity contribution < 1.29 is 8.78 Å². The highest BCUT2D eigenvalue weighted by Gasteiger charge is 2.14. The molecule has 0 aromatic heterocycles. The average molecular weight is 289 g/mol. The highest BCUT2D eigenvalue weighted by molar-refractivity contribution is 5.33. The quantitative estimate of drug-likeness (QED) is 0.856. The molecule has 21 heavy (non-hydrogen) atoms. The Kier molecular flexibility index (Phi) is 5.07. The molecule has 0 saturated carbocycles. The predicted octanol–water partition coefficient (Wildman–Crippen LogP) is 4.47. The molecule has 0 aliphatic carbocycles. The summed E-state index contributed by atoms with van der Waals surface area (Å²) < 4.78 is 26.8. The Bertz CT molecular complexity index is 582. The normalized spacial score (nSPS) is 12.4. The van der Waals surface area contributed by atoms with E-state index in [0.29, 0.717) is 11.1 Å². The monoisotopic (exact) mass is 289 g/mol. The Balaban J connectivity index is 2.28. The lowest BCUT2D eigenvalue weighted by Gasteiger charge is -2.20. The molecule has 0 aliphatic heterocycles. The molecule has 0 saturated heterocycles. The summed E-state index contributed by atoms with van der Waals surface area (Å²) in [6.07, 6.45) is 0.749. The molecule has 1 unspecified atom stereocenters. The first-order chi connectivity index (χ1) is 10.0. The van der Waals surface area contributed by atoms with Crippen molar-refractivity contribution in [2.75, 3.05) is 6.54 Å². The van der Waals surface area contributed by atoms with Gasteiger partial charge in [-0.15, -0.1) is 0 Å². The lowest BCUT2D eigenvalue weighted by atomic mass is 9.95. The summed E-state index contributed by atoms with van der Waals surface area (Å²) in [5.41, 5.74) is 3.44. The number of halogens is 2. The third-order valence-electron chi connectivity index (χ3n) is 3.66. The van der Waals surface area contributed by atoms with Crippen molar-refractivity contribution in [2.45, 2.75) is 33.2 Å². The van der Waals surface area contributed by atoms with E-state index in [9.17, 15) is 8.78 Å². The summed E-state index contributed by atoms with van der Waals surface area (Å²) in [4.78, 5) is 0. The van der Waals surface area contributed by atoms with E-state index in [-0.39, 0.29) is 17.7 Å². The summed E-state index contributed by atoms with van der Waals surface area (Å²) >= 11 is 0. The number of aryl methyl sites for hydroxylation is 2. The lowest BCUT2D eigenvalue weighted by molar-refractivity contribution is 0.544. The second-order valence-electron chi connectivity index (χ2n) is 5.41. The van der Waals surface area contributed by atoms with Crippen LogP contribution in [-0.4, -0.2) is 6.54 Å². The van der Waals surface area contributed by atoms with Crippen molar-refractivity contribution in [3.05, 3.63) is 70.3 Å². The molecule has 0 fully saturated rings. The molecule has 2 aromatic rings. The van der Waals surface area contributed by atoms with Gasteiger partial charge < -0.3 is 5.32 Å². The minimum Gasteiger partial charge on any atom is -0.310 e. The molecule has 1 atom stereocenters. The Morgan fingerprint density at radius 1 is 1.00 bits per heavy atom. The van der Waals surface area contributed by atoms with Gasteiger partial charge in [0.25, 0.3) is 0 Å². The van der Waals surface area contributed by atoms with Gasteiger partial charge in [-0.25, -0.2) is 8.78 Å². The number of benzene rings is 2. The molecule has 1 N–H and O–H groups in total. The van der Waals surface area contributed by atoms with Crippen molar-refractivity contribution in [1.29, 1.82) is 0 Å². The zero-order valence-electron chi connectivity index (χ0n) is 12.7. The molecule has 0 radical (unpaired) electrons. The van der Waals surface area contributed by atoms with Crippen molar-refractivity contribution in [3.8, 4) is 0 Å². The van der Waals surface area contributed by atoms with Gasteiger partial charge in [-0.3, -0.25) is 0 Å². The van der Waals surface area contributed by atoms with Gasteiger partial charge in [0, 0.05) is 6.04 Å². The van der Waals surface area contributed by atoms with E-state index >= 15 is 0 Å². The van der Waals surface area contributed by atoms with E-state index in [0.717, 1.165) is 24.1 Å². The molecule has 1 nitrogen and oxygen atoms in total. The van der Waals surface area contributed by atoms with Crippen molar-refractivity contribution in [1.82, 2.24) is 5.32 Å². The molecule has 3 heteroatoms. The van der Waals surface area contributed by atoms with Gasteiger partial charge in [-0.05, 0) is 61.2 Å². The standard InChI is InChI=1S/C18H21F2N/c1-4-21-17(11-14-5-7-16(19)8-6-14)15-9-12(2)18(20)13(3)10-15/h5-10,17,21H,4,11H2,1-3H3. The predicted molar refractivity (Wildman–Crippen MR) is 82.4 cm³/mol. The van der Waals surface area contributed by atoms with Gasteiger partial charge in [0.05, 0.1) is 0 Å². The van der Waals surface area contributed by atoms with Gasteiger partial charge in [-0.2, -0.15) is 0 Å². The first-order valence-electron chi connectivity index (χ1n) is 7.25. The third kappa shape index (κ3) is 3.88. The molecule has 0 heterocycles. The van der Waals surface area contributed by atoms with Crippen molar-refractivity contribution >= 4 is 0 Å². The first kappa shape index (κ1) is 15.6. The van der Waals surface area contributed by atoms with Gasteiger partial charge in [-0.1, -0.05) is 31.2 Å². The maximum Gasteiger partial charge on any atom is 0.129 e. The van der Waals surface area contributed by atoms with Crippen LogP contribution in [0.3, 0.4) is 0 Å². The highest BCUT2D eigenvalue weighted by Crippen LogP contribution is 2.23. The molecular weight excluding hydrogens is 268 g/mol. The van der Waals surface area contributed by atoms with Crippen LogP contribution in [0.2, 0.25) is 0 Å². The van der Waals surface area contributed by atoms with E-state index in [1.807, 2.05) is 19.1 Å². The van der Waals surface area contributed by atoms with Crippen LogP contribution < -0.4 is 5.32 Å². The minimum atomic E-state index is -0.229. The van der Waals surface area contributed by atoms with E-state index in [1.54, 1.807) is 26.0 Å². The van der Waals surface area contributed by atoms with Crippen LogP contribution in [0.15, 0.2) is 36.4 Å². The summed E-state index contributed by atoms with van der Waals surface area (Å²) in [5, 5.41) is 3.42. The minimum absolute atomic E-state index is 0.0958. The maximum atomic E-state index is 13.8. The van der Waals surface area contributed by atoms with Gasteiger partial charge in [0.15, 0.2) is 0 Å². The SMILES string of the molecule is CCNC(Cc1ccc(F)cc1)c1cc(C)c(F)c(C)c1. The van der Waals surface area contributed by atoms with Crippen molar-refractivity contribution in [2.24, 2.45) is 0 Å². The summed E-state index contributed by atoms with van der Waals surface area (Å²) in [7, 11) is 0. The van der Waals surface area contributed by atoms with E-state index < -0.39 is 0 Å². The van der Waals surface area contributed by atoms with E-state index in [4.69, 9.17) is 0 Å². The Morgan fingerprint density at radius 2 is 1.57 bits per heavy atom. The topological polar surface area (TPSA) is 12.0 Å². The third-order valence-corrected chi connectivity index (χ3v) is 3.66. The van der Waals surface area contributed by atoms with Crippen LogP contribution in [0.25, 0.3) is 0 Å². The van der Waals surface area contributed by atoms with Crippen LogP contribution in [0.1, 0.15) is 35.2 Å². The molecule has 2 aromatic carbocycles. The lowest BCUT2D eigenvalue weighted by Crippen LogP contribution is -2.23. The first-order valence-corrected chi connectivity index (χ1v) is 7.25. The highest BCUT2D eigenvalue weighted by atomic mass is 19.1.